The van der Waals surface area contributed by atoms with Crippen molar-refractivity contribution in [2.45, 2.75) is 32.2 Å². The summed E-state index contributed by atoms with van der Waals surface area (Å²) in [5.41, 5.74) is 2.34. The molecule has 0 radical (unpaired) electrons. The monoisotopic (exact) mass is 404 g/mol. The Kier molecular flexibility index (Phi) is 7.17. The Morgan fingerprint density at radius 2 is 1.85 bits per heavy atom. The van der Waals surface area contributed by atoms with E-state index in [4.69, 9.17) is 23.2 Å². The van der Waals surface area contributed by atoms with Gasteiger partial charge in [-0.3, -0.25) is 9.69 Å². The molecule has 3 rings (SSSR count). The van der Waals surface area contributed by atoms with E-state index in [9.17, 15) is 4.79 Å². The topological polar surface area (TPSA) is 32.3 Å². The van der Waals surface area contributed by atoms with Gasteiger partial charge in [-0.1, -0.05) is 66.5 Å². The summed E-state index contributed by atoms with van der Waals surface area (Å²) in [5.74, 6) is 0.606. The van der Waals surface area contributed by atoms with Crippen molar-refractivity contribution >= 4 is 29.1 Å². The first-order valence-corrected chi connectivity index (χ1v) is 10.3. The summed E-state index contributed by atoms with van der Waals surface area (Å²) in [7, 11) is 0. The highest BCUT2D eigenvalue weighted by Crippen LogP contribution is 2.25. The van der Waals surface area contributed by atoms with Gasteiger partial charge in [0.15, 0.2) is 0 Å². The highest BCUT2D eigenvalue weighted by atomic mass is 35.5. The molecule has 0 aromatic heterocycles. The molecule has 1 N–H and O–H groups in total. The van der Waals surface area contributed by atoms with Crippen molar-refractivity contribution in [2.24, 2.45) is 5.92 Å². The van der Waals surface area contributed by atoms with E-state index < -0.39 is 0 Å². The molecule has 1 heterocycles. The van der Waals surface area contributed by atoms with Crippen LogP contribution in [0.15, 0.2) is 48.5 Å². The van der Waals surface area contributed by atoms with E-state index in [1.807, 2.05) is 30.3 Å². The molecule has 144 valence electrons. The molecule has 1 saturated heterocycles. The van der Waals surface area contributed by atoms with Crippen molar-refractivity contribution in [2.75, 3.05) is 19.6 Å². The third-order valence-electron chi connectivity index (χ3n) is 5.32. The van der Waals surface area contributed by atoms with E-state index in [1.165, 1.54) is 5.56 Å². The quantitative estimate of drug-likeness (QED) is 0.723. The van der Waals surface area contributed by atoms with Gasteiger partial charge in [0.1, 0.15) is 0 Å². The predicted octanol–water partition coefficient (Wildman–Crippen LogP) is 5.13. The van der Waals surface area contributed by atoms with Gasteiger partial charge in [-0.05, 0) is 55.1 Å². The zero-order chi connectivity index (χ0) is 19.2. The molecule has 1 aliphatic rings. The number of hydrogen-bond acceptors (Lipinski definition) is 2. The Balaban J connectivity index is 1.43. The number of likely N-dealkylation sites (tertiary alicyclic amines) is 1. The van der Waals surface area contributed by atoms with Gasteiger partial charge < -0.3 is 5.32 Å². The van der Waals surface area contributed by atoms with E-state index in [0.29, 0.717) is 22.5 Å². The highest BCUT2D eigenvalue weighted by molar-refractivity contribution is 6.35. The van der Waals surface area contributed by atoms with Crippen molar-refractivity contribution in [3.8, 4) is 0 Å². The van der Waals surface area contributed by atoms with E-state index in [2.05, 4.69) is 29.3 Å². The molecule has 0 unspecified atom stereocenters. The Bertz CT molecular complexity index is 758. The standard InChI is InChI=1S/C22H26Cl2N2O/c1-16(17-5-3-2-4-6-17)14-25-22(27)18-9-11-26(12-10-18)15-19-7-8-20(23)13-21(19)24/h2-8,13,16,18H,9-12,14-15H2,1H3,(H,25,27)/t16-/m0/s1. The van der Waals surface area contributed by atoms with Crippen molar-refractivity contribution in [1.29, 1.82) is 0 Å². The molecule has 0 bridgehead atoms. The Morgan fingerprint density at radius 3 is 2.52 bits per heavy atom. The minimum absolute atomic E-state index is 0.102. The molecule has 0 aliphatic carbocycles. The zero-order valence-corrected chi connectivity index (χ0v) is 17.1. The van der Waals surface area contributed by atoms with Crippen LogP contribution in [0, 0.1) is 5.92 Å². The summed E-state index contributed by atoms with van der Waals surface area (Å²) in [4.78, 5) is 14.9. The number of hydrogen-bond donors (Lipinski definition) is 1. The lowest BCUT2D eigenvalue weighted by molar-refractivity contribution is -0.126. The van der Waals surface area contributed by atoms with Gasteiger partial charge in [0.05, 0.1) is 0 Å². The maximum absolute atomic E-state index is 12.5. The lowest BCUT2D eigenvalue weighted by Crippen LogP contribution is -2.41. The number of benzene rings is 2. The minimum Gasteiger partial charge on any atom is -0.355 e. The smallest absolute Gasteiger partial charge is 0.223 e. The second-order valence-electron chi connectivity index (χ2n) is 7.34. The van der Waals surface area contributed by atoms with Crippen LogP contribution in [0.4, 0.5) is 0 Å². The van der Waals surface area contributed by atoms with E-state index in [-0.39, 0.29) is 11.8 Å². The fraction of sp³-hybridized carbons (Fsp3) is 0.409. The lowest BCUT2D eigenvalue weighted by Gasteiger charge is -2.31. The first kappa shape index (κ1) is 20.2. The summed E-state index contributed by atoms with van der Waals surface area (Å²) in [5, 5.41) is 4.50. The molecule has 3 nitrogen and oxygen atoms in total. The third kappa shape index (κ3) is 5.71. The number of halogens is 2. The van der Waals surface area contributed by atoms with E-state index >= 15 is 0 Å². The largest absolute Gasteiger partial charge is 0.355 e. The molecular weight excluding hydrogens is 379 g/mol. The minimum atomic E-state index is 0.102. The zero-order valence-electron chi connectivity index (χ0n) is 15.6. The maximum Gasteiger partial charge on any atom is 0.223 e. The number of piperidine rings is 1. The SMILES string of the molecule is C[C@@H](CNC(=O)C1CCN(Cc2ccc(Cl)cc2Cl)CC1)c1ccccc1. The Labute approximate surface area is 171 Å². The molecule has 1 fully saturated rings. The molecule has 1 amide bonds. The average Bonchev–Trinajstić information content (AvgIpc) is 2.69. The van der Waals surface area contributed by atoms with Crippen LogP contribution in [0.2, 0.25) is 10.0 Å². The highest BCUT2D eigenvalue weighted by Gasteiger charge is 2.25. The molecular formula is C22H26Cl2N2O. The molecule has 5 heteroatoms. The first-order valence-electron chi connectivity index (χ1n) is 9.52. The summed E-state index contributed by atoms with van der Waals surface area (Å²) in [6, 6.07) is 15.9. The number of nitrogens with one attached hydrogen (secondary N) is 1. The van der Waals surface area contributed by atoms with Gasteiger partial charge in [0.2, 0.25) is 5.91 Å². The number of rotatable bonds is 6. The van der Waals surface area contributed by atoms with Crippen LogP contribution in [0.25, 0.3) is 0 Å². The first-order chi connectivity index (χ1) is 13.0. The molecule has 2 aromatic rings. The van der Waals surface area contributed by atoms with Crippen LogP contribution >= 0.6 is 23.2 Å². The number of carbonyl (C=O) groups excluding carboxylic acids is 1. The summed E-state index contributed by atoms with van der Waals surface area (Å²) >= 11 is 12.2. The average molecular weight is 405 g/mol. The van der Waals surface area contributed by atoms with Crippen molar-refractivity contribution in [3.63, 3.8) is 0 Å². The van der Waals surface area contributed by atoms with Crippen molar-refractivity contribution in [3.05, 3.63) is 69.7 Å². The summed E-state index contributed by atoms with van der Waals surface area (Å²) in [6.07, 6.45) is 1.77. The molecule has 1 aliphatic heterocycles. The molecule has 0 spiro atoms. The van der Waals surface area contributed by atoms with Crippen LogP contribution in [-0.2, 0) is 11.3 Å². The Hall–Kier alpha value is -1.55. The van der Waals surface area contributed by atoms with Crippen molar-refractivity contribution in [1.82, 2.24) is 10.2 Å². The fourth-order valence-corrected chi connectivity index (χ4v) is 4.01. The summed E-state index contributed by atoms with van der Waals surface area (Å²) in [6.45, 7) is 5.45. The third-order valence-corrected chi connectivity index (χ3v) is 5.91. The fourth-order valence-electron chi connectivity index (χ4n) is 3.54. The van der Waals surface area contributed by atoms with Gasteiger partial charge in [0, 0.05) is 29.1 Å². The number of carbonyl (C=O) groups is 1. The molecule has 1 atom stereocenters. The molecule has 0 saturated carbocycles. The van der Waals surface area contributed by atoms with Crippen LogP contribution in [-0.4, -0.2) is 30.4 Å². The lowest BCUT2D eigenvalue weighted by atomic mass is 9.95. The number of nitrogens with zero attached hydrogens (tertiary/aromatic N) is 1. The van der Waals surface area contributed by atoms with Crippen LogP contribution < -0.4 is 5.32 Å². The van der Waals surface area contributed by atoms with Gasteiger partial charge in [0.25, 0.3) is 0 Å². The van der Waals surface area contributed by atoms with E-state index in [0.717, 1.165) is 38.0 Å². The normalized spacial score (nSPS) is 16.9. The van der Waals surface area contributed by atoms with E-state index in [1.54, 1.807) is 6.07 Å². The second kappa shape index (κ2) is 9.59. The second-order valence-corrected chi connectivity index (χ2v) is 8.19. The van der Waals surface area contributed by atoms with Crippen LogP contribution in [0.3, 0.4) is 0 Å². The Morgan fingerprint density at radius 1 is 1.15 bits per heavy atom. The summed E-state index contributed by atoms with van der Waals surface area (Å²) < 4.78 is 0. The number of amides is 1. The maximum atomic E-state index is 12.5. The van der Waals surface area contributed by atoms with Gasteiger partial charge in [-0.15, -0.1) is 0 Å². The van der Waals surface area contributed by atoms with Crippen LogP contribution in [0.5, 0.6) is 0 Å². The predicted molar refractivity (Wildman–Crippen MR) is 112 cm³/mol. The molecule has 27 heavy (non-hydrogen) atoms. The van der Waals surface area contributed by atoms with Gasteiger partial charge >= 0.3 is 0 Å². The van der Waals surface area contributed by atoms with Gasteiger partial charge in [-0.2, -0.15) is 0 Å². The van der Waals surface area contributed by atoms with Crippen LogP contribution in [0.1, 0.15) is 36.8 Å². The van der Waals surface area contributed by atoms with Gasteiger partial charge in [-0.25, -0.2) is 0 Å². The van der Waals surface area contributed by atoms with Crippen molar-refractivity contribution < 1.29 is 4.79 Å². The molecule has 2 aromatic carbocycles.